The van der Waals surface area contributed by atoms with Gasteiger partial charge in [-0.1, -0.05) is 187 Å². The van der Waals surface area contributed by atoms with Crippen molar-refractivity contribution >= 4 is 0 Å². The van der Waals surface area contributed by atoms with Crippen LogP contribution in [0.25, 0.3) is 0 Å². The second-order valence-electron chi connectivity index (χ2n) is 13.2. The molecule has 5 atom stereocenters. The van der Waals surface area contributed by atoms with Crippen LogP contribution in [0.3, 0.4) is 0 Å². The highest BCUT2D eigenvalue weighted by Gasteiger charge is 2.56. The van der Waals surface area contributed by atoms with Gasteiger partial charge < -0.3 is 49.6 Å². The number of benzene rings is 4. The summed E-state index contributed by atoms with van der Waals surface area (Å²) in [4.78, 5) is 0. The maximum atomic E-state index is 10.5. The van der Waals surface area contributed by atoms with E-state index >= 15 is 0 Å². The molecule has 0 unspecified atom stereocenters. The van der Waals surface area contributed by atoms with Crippen molar-refractivity contribution in [1.29, 1.82) is 0 Å². The minimum Gasteiger partial charge on any atom is -0.508 e. The predicted molar refractivity (Wildman–Crippen MR) is 324 cm³/mol. The predicted octanol–water partition coefficient (Wildman–Crippen LogP) is 20.2. The summed E-state index contributed by atoms with van der Waals surface area (Å²) < 4.78 is 24.7. The van der Waals surface area contributed by atoms with Gasteiger partial charge in [0.05, 0.1) is 33.5 Å². The fourth-order valence-electron chi connectivity index (χ4n) is 7.94. The molecule has 2 heterocycles. The van der Waals surface area contributed by atoms with Gasteiger partial charge in [-0.2, -0.15) is 0 Å². The molecule has 3 aliphatic rings. The average molecular weight is 1020 g/mol. The van der Waals surface area contributed by atoms with Crippen LogP contribution in [0.15, 0.2) is 96.1 Å². The van der Waals surface area contributed by atoms with Gasteiger partial charge in [0.15, 0.2) is 23.0 Å². The second-order valence-corrected chi connectivity index (χ2v) is 13.2. The smallest absolute Gasteiger partial charge is 0.160 e. The molecule has 1 aliphatic carbocycles. The van der Waals surface area contributed by atoms with Crippen molar-refractivity contribution in [2.75, 3.05) is 14.2 Å². The number of aliphatic hydroxyl groups is 2. The number of aromatic hydroxyl groups is 4. The first-order chi connectivity index (χ1) is 24.1. The zero-order chi connectivity index (χ0) is 35.3. The molecule has 1 spiro atoms. The van der Waals surface area contributed by atoms with Crippen LogP contribution >= 0.6 is 0 Å². The van der Waals surface area contributed by atoms with Crippen LogP contribution in [0.1, 0.15) is 233 Å². The van der Waals surface area contributed by atoms with Gasteiger partial charge in [0.2, 0.25) is 0 Å². The molecule has 71 heavy (non-hydrogen) atoms. The van der Waals surface area contributed by atoms with Crippen LogP contribution in [0, 0.1) is 5.41 Å². The summed E-state index contributed by atoms with van der Waals surface area (Å²) in [6.07, 6.45) is -0.389. The number of rotatable bonds is 8. The number of phenolic OH excluding ortho intramolecular Hbond substituents is 2. The summed E-state index contributed by atoms with van der Waals surface area (Å²) in [5, 5.41) is 61.5. The van der Waals surface area contributed by atoms with Crippen molar-refractivity contribution in [3.05, 3.63) is 129 Å². The fourth-order valence-corrected chi connectivity index (χ4v) is 7.94. The topological polar surface area (TPSA) is 158 Å². The Bertz CT molecular complexity index is 2010. The summed E-state index contributed by atoms with van der Waals surface area (Å²) >= 11 is 0. The SMILES string of the molecule is C.C.C.C.C.C.C.C.C.C.C.C.C.C.C.C.C.C.C.C.C.C=C1[C@@H](c2ccc(O)c(OC)c2)O[C@@H](c2ccc(O)c(OC)c2)[C@]12CCC1=C(C2)[C@@H](c2ccc(O)c(CO)c2)O[C@H]1c1ccc(O)c(CO)c1. The van der Waals surface area contributed by atoms with Gasteiger partial charge in [-0.3, -0.25) is 0 Å². The number of hydrogen-bond acceptors (Lipinski definition) is 10. The van der Waals surface area contributed by atoms with Crippen LogP contribution in [-0.2, 0) is 22.7 Å². The molecule has 0 bridgehead atoms. The molecule has 0 amide bonds. The molecule has 428 valence electrons. The number of aliphatic hydroxyl groups excluding tert-OH is 2. The van der Waals surface area contributed by atoms with E-state index in [1.807, 2.05) is 6.07 Å². The second kappa shape index (κ2) is 42.7. The van der Waals surface area contributed by atoms with Crippen LogP contribution in [0.2, 0.25) is 0 Å². The van der Waals surface area contributed by atoms with Crippen LogP contribution in [-0.4, -0.2) is 44.9 Å². The van der Waals surface area contributed by atoms with Crippen LogP contribution in [0.5, 0.6) is 34.5 Å². The maximum absolute atomic E-state index is 10.5. The molecule has 4 aromatic rings. The Morgan fingerprint density at radius 3 is 1.18 bits per heavy atom. The van der Waals surface area contributed by atoms with Crippen molar-refractivity contribution in [3.8, 4) is 34.5 Å². The molecule has 0 saturated carbocycles. The number of phenols is 4. The molecular weight excluding hydrogens is 893 g/mol. The van der Waals surface area contributed by atoms with E-state index in [9.17, 15) is 30.6 Å². The van der Waals surface area contributed by atoms with E-state index in [1.165, 1.54) is 14.2 Å². The molecule has 10 heteroatoms. The largest absolute Gasteiger partial charge is 0.508 e. The quantitative estimate of drug-likeness (QED) is 0.0939. The molecule has 6 N–H and O–H groups in total. The minimum atomic E-state index is -0.658. The molecule has 2 aliphatic heterocycles. The summed E-state index contributed by atoms with van der Waals surface area (Å²) in [6.45, 7) is 3.99. The van der Waals surface area contributed by atoms with Crippen LogP contribution < -0.4 is 9.47 Å². The van der Waals surface area contributed by atoms with E-state index in [-0.39, 0.29) is 192 Å². The van der Waals surface area contributed by atoms with Gasteiger partial charge in [-0.25, -0.2) is 0 Å². The Morgan fingerprint density at radius 1 is 0.465 bits per heavy atom. The number of ether oxygens (including phenoxy) is 4. The first-order valence-electron chi connectivity index (χ1n) is 16.4. The standard InChI is InChI=1S/C40H40O10.21CH4/c1-21-36(24-6-10-32(45)34(16-24)47-2)50-39(25-7-11-33(46)35(17-25)48-3)40(21)13-12-28-29(18-40)38(23-5-9-31(44)27(15-23)20-42)49-37(28)22-4-8-30(43)26(14-22)19-41;;;;;;;;;;;;;;;;;;;;;/h4-11,14-17,36-39,41-46H,1,12-13,18-20H2,2-3H3;21*1H4/t36-,37-,38+,39-,40-;;;;;;;;;;;;;;;;;;;;;/m0...................../s1. The van der Waals surface area contributed by atoms with Crippen molar-refractivity contribution in [2.45, 2.75) is 213 Å². The normalized spacial score (nSPS) is 17.3. The van der Waals surface area contributed by atoms with E-state index in [1.54, 1.807) is 66.7 Å². The Balaban J connectivity index is -0.000000115. The van der Waals surface area contributed by atoms with Gasteiger partial charge in [-0.05, 0) is 107 Å². The molecular formula is C61H124O10. The Kier molecular flexibility index (Phi) is 64.4. The third kappa shape index (κ3) is 18.5. The molecule has 7 rings (SSSR count). The Hall–Kier alpha value is -5.00. The molecule has 1 fully saturated rings. The highest BCUT2D eigenvalue weighted by Crippen LogP contribution is 2.67. The van der Waals surface area contributed by atoms with E-state index in [0.717, 1.165) is 39.0 Å². The Morgan fingerprint density at radius 2 is 0.803 bits per heavy atom. The summed E-state index contributed by atoms with van der Waals surface area (Å²) in [6, 6.07) is 20.5. The van der Waals surface area contributed by atoms with Crippen molar-refractivity contribution in [3.63, 3.8) is 0 Å². The third-order valence-electron chi connectivity index (χ3n) is 10.6. The minimum absolute atomic E-state index is 0. The van der Waals surface area contributed by atoms with Gasteiger partial charge in [0.25, 0.3) is 0 Å². The monoisotopic (exact) mass is 1020 g/mol. The third-order valence-corrected chi connectivity index (χ3v) is 10.6. The summed E-state index contributed by atoms with van der Waals surface area (Å²) in [5.74, 6) is 0.618. The number of hydrogen-bond donors (Lipinski definition) is 6. The summed E-state index contributed by atoms with van der Waals surface area (Å²) in [7, 11) is 2.99. The molecule has 1 saturated heterocycles. The molecule has 10 nitrogen and oxygen atoms in total. The van der Waals surface area contributed by atoms with Crippen molar-refractivity contribution in [2.24, 2.45) is 5.41 Å². The highest BCUT2D eigenvalue weighted by molar-refractivity contribution is 5.52. The van der Waals surface area contributed by atoms with E-state index < -0.39 is 29.8 Å². The van der Waals surface area contributed by atoms with Gasteiger partial charge in [0.1, 0.15) is 29.8 Å². The zero-order valence-electron chi connectivity index (χ0n) is 27.8. The lowest BCUT2D eigenvalue weighted by Gasteiger charge is -2.40. The molecule has 4 aromatic carbocycles. The lowest BCUT2D eigenvalue weighted by Crippen LogP contribution is -2.31. The van der Waals surface area contributed by atoms with E-state index in [0.29, 0.717) is 41.9 Å². The van der Waals surface area contributed by atoms with Crippen molar-refractivity contribution in [1.82, 2.24) is 0 Å². The maximum Gasteiger partial charge on any atom is 0.160 e. The Labute approximate surface area is 444 Å². The number of methoxy groups -OCH3 is 2. The van der Waals surface area contributed by atoms with Gasteiger partial charge in [0, 0.05) is 16.5 Å². The average Bonchev–Trinajstić information content (AvgIpc) is 3.64. The fraction of sp³-hybridized carbons (Fsp3) is 0.541. The van der Waals surface area contributed by atoms with Crippen molar-refractivity contribution < 1.29 is 49.6 Å². The zero-order valence-corrected chi connectivity index (χ0v) is 27.8. The van der Waals surface area contributed by atoms with E-state index in [4.69, 9.17) is 18.9 Å². The van der Waals surface area contributed by atoms with Crippen LogP contribution in [0.4, 0.5) is 0 Å². The van der Waals surface area contributed by atoms with Gasteiger partial charge in [-0.15, -0.1) is 0 Å². The first kappa shape index (κ1) is 107. The lowest BCUT2D eigenvalue weighted by molar-refractivity contribution is 0.00312. The lowest BCUT2D eigenvalue weighted by atomic mass is 9.62. The first-order valence-corrected chi connectivity index (χ1v) is 16.4. The van der Waals surface area contributed by atoms with E-state index in [2.05, 4.69) is 6.58 Å². The molecule has 0 radical (unpaired) electrons. The summed E-state index contributed by atoms with van der Waals surface area (Å²) in [5.41, 5.74) is 6.13. The van der Waals surface area contributed by atoms with Gasteiger partial charge >= 0.3 is 0 Å². The highest BCUT2D eigenvalue weighted by atomic mass is 16.5. The molecule has 0 aromatic heterocycles.